The Morgan fingerprint density at radius 1 is 1.45 bits per heavy atom. The quantitative estimate of drug-likeness (QED) is 0.600. The molecule has 0 atom stereocenters. The van der Waals surface area contributed by atoms with Crippen molar-refractivity contribution in [2.75, 3.05) is 6.54 Å². The lowest BCUT2D eigenvalue weighted by Gasteiger charge is -1.92. The lowest BCUT2D eigenvalue weighted by atomic mass is 10.2. The van der Waals surface area contributed by atoms with Crippen LogP contribution in [0.15, 0.2) is 36.5 Å². The fraction of sp³-hybridized carbons (Fsp3) is 0.400. The molecule has 0 aliphatic carbocycles. The molecule has 0 aromatic carbocycles. The third-order valence-electron chi connectivity index (χ3n) is 1.38. The van der Waals surface area contributed by atoms with Crippen molar-refractivity contribution in [3.63, 3.8) is 0 Å². The Balaban J connectivity index is 3.51. The van der Waals surface area contributed by atoms with Crippen LogP contribution in [-0.2, 0) is 0 Å². The molecule has 0 aliphatic heterocycles. The van der Waals surface area contributed by atoms with Crippen LogP contribution < -0.4 is 5.73 Å². The van der Waals surface area contributed by atoms with Crippen molar-refractivity contribution in [1.82, 2.24) is 0 Å². The van der Waals surface area contributed by atoms with E-state index < -0.39 is 0 Å². The summed E-state index contributed by atoms with van der Waals surface area (Å²) in [5, 5.41) is 0. The Labute approximate surface area is 69.3 Å². The van der Waals surface area contributed by atoms with Crippen LogP contribution in [0.3, 0.4) is 0 Å². The van der Waals surface area contributed by atoms with Gasteiger partial charge in [0, 0.05) is 6.54 Å². The number of hydrogen-bond acceptors (Lipinski definition) is 1. The van der Waals surface area contributed by atoms with Crippen LogP contribution in [0.1, 0.15) is 19.8 Å². The van der Waals surface area contributed by atoms with Gasteiger partial charge >= 0.3 is 0 Å². The van der Waals surface area contributed by atoms with Crippen molar-refractivity contribution in [2.45, 2.75) is 19.8 Å². The average molecular weight is 151 g/mol. The first-order valence-electron chi connectivity index (χ1n) is 3.93. The summed E-state index contributed by atoms with van der Waals surface area (Å²) in [6.45, 7) is 6.36. The minimum Gasteiger partial charge on any atom is -0.327 e. The Morgan fingerprint density at radius 2 is 2.18 bits per heavy atom. The Hall–Kier alpha value is -0.820. The standard InChI is InChI=1S/C10H17N/c1-3-4-5-6-7-10(2)8-9-11/h3,5-6,8H,1,4,7,9,11H2,2H3/b6-5+,10-8+. The first-order valence-corrected chi connectivity index (χ1v) is 3.93. The van der Waals surface area contributed by atoms with Crippen molar-refractivity contribution in [3.8, 4) is 0 Å². The van der Waals surface area contributed by atoms with Gasteiger partial charge in [-0.3, -0.25) is 0 Å². The summed E-state index contributed by atoms with van der Waals surface area (Å²) < 4.78 is 0. The Kier molecular flexibility index (Phi) is 6.75. The molecule has 0 fully saturated rings. The maximum atomic E-state index is 5.34. The molecule has 0 saturated heterocycles. The van der Waals surface area contributed by atoms with E-state index in [0.29, 0.717) is 6.54 Å². The minimum atomic E-state index is 0.640. The van der Waals surface area contributed by atoms with E-state index in [1.165, 1.54) is 5.57 Å². The normalized spacial score (nSPS) is 12.4. The van der Waals surface area contributed by atoms with Crippen LogP contribution in [-0.4, -0.2) is 6.54 Å². The highest BCUT2D eigenvalue weighted by Gasteiger charge is 1.81. The molecule has 0 aliphatic rings. The fourth-order valence-electron chi connectivity index (χ4n) is 0.746. The number of rotatable bonds is 5. The smallest absolute Gasteiger partial charge is 0.0109 e. The zero-order valence-electron chi connectivity index (χ0n) is 7.22. The van der Waals surface area contributed by atoms with Gasteiger partial charge in [-0.2, -0.15) is 0 Å². The van der Waals surface area contributed by atoms with E-state index >= 15 is 0 Å². The van der Waals surface area contributed by atoms with Gasteiger partial charge in [0.1, 0.15) is 0 Å². The van der Waals surface area contributed by atoms with Crippen LogP contribution in [0.5, 0.6) is 0 Å². The highest BCUT2D eigenvalue weighted by molar-refractivity contribution is 5.05. The Bertz CT molecular complexity index is 154. The molecule has 0 heterocycles. The first-order chi connectivity index (χ1) is 5.31. The van der Waals surface area contributed by atoms with Crippen molar-refractivity contribution in [2.24, 2.45) is 5.73 Å². The van der Waals surface area contributed by atoms with Crippen LogP contribution >= 0.6 is 0 Å². The number of nitrogens with two attached hydrogens (primary N) is 1. The van der Waals surface area contributed by atoms with Gasteiger partial charge in [-0.25, -0.2) is 0 Å². The fourth-order valence-corrected chi connectivity index (χ4v) is 0.746. The molecule has 0 saturated carbocycles. The lowest BCUT2D eigenvalue weighted by Crippen LogP contribution is -1.93. The Morgan fingerprint density at radius 3 is 2.73 bits per heavy atom. The number of hydrogen-bond donors (Lipinski definition) is 1. The molecule has 2 N–H and O–H groups in total. The van der Waals surface area contributed by atoms with E-state index in [1.54, 1.807) is 0 Å². The van der Waals surface area contributed by atoms with Crippen LogP contribution in [0.2, 0.25) is 0 Å². The van der Waals surface area contributed by atoms with Crippen molar-refractivity contribution < 1.29 is 0 Å². The van der Waals surface area contributed by atoms with Crippen LogP contribution in [0, 0.1) is 0 Å². The molecular weight excluding hydrogens is 134 g/mol. The molecule has 0 unspecified atom stereocenters. The third kappa shape index (κ3) is 7.07. The van der Waals surface area contributed by atoms with Gasteiger partial charge in [0.15, 0.2) is 0 Å². The van der Waals surface area contributed by atoms with E-state index in [-0.39, 0.29) is 0 Å². The molecule has 62 valence electrons. The van der Waals surface area contributed by atoms with Gasteiger partial charge in [0.2, 0.25) is 0 Å². The topological polar surface area (TPSA) is 26.0 Å². The van der Waals surface area contributed by atoms with Gasteiger partial charge in [0.25, 0.3) is 0 Å². The summed E-state index contributed by atoms with van der Waals surface area (Å²) in [6, 6.07) is 0. The van der Waals surface area contributed by atoms with E-state index in [9.17, 15) is 0 Å². The summed E-state index contributed by atoms with van der Waals surface area (Å²) in [7, 11) is 0. The molecule has 0 aromatic rings. The summed E-state index contributed by atoms with van der Waals surface area (Å²) in [4.78, 5) is 0. The van der Waals surface area contributed by atoms with E-state index in [2.05, 4.69) is 25.7 Å². The molecule has 0 rings (SSSR count). The SMILES string of the molecule is C=CC/C=C/C/C(C)=C/CN. The molecule has 0 spiro atoms. The van der Waals surface area contributed by atoms with E-state index in [4.69, 9.17) is 5.73 Å². The zero-order valence-corrected chi connectivity index (χ0v) is 7.22. The molecular formula is C10H17N. The van der Waals surface area contributed by atoms with Crippen molar-refractivity contribution >= 4 is 0 Å². The molecule has 0 bridgehead atoms. The predicted molar refractivity (Wildman–Crippen MR) is 51.4 cm³/mol. The van der Waals surface area contributed by atoms with Crippen LogP contribution in [0.4, 0.5) is 0 Å². The van der Waals surface area contributed by atoms with E-state index in [1.807, 2.05) is 12.2 Å². The first kappa shape index (κ1) is 10.2. The highest BCUT2D eigenvalue weighted by atomic mass is 14.5. The second-order valence-electron chi connectivity index (χ2n) is 2.49. The third-order valence-corrected chi connectivity index (χ3v) is 1.38. The van der Waals surface area contributed by atoms with Gasteiger partial charge < -0.3 is 5.73 Å². The second kappa shape index (κ2) is 7.29. The lowest BCUT2D eigenvalue weighted by molar-refractivity contribution is 1.14. The maximum absolute atomic E-state index is 5.34. The van der Waals surface area contributed by atoms with Crippen molar-refractivity contribution in [3.05, 3.63) is 36.5 Å². The maximum Gasteiger partial charge on any atom is 0.0109 e. The van der Waals surface area contributed by atoms with Gasteiger partial charge in [0.05, 0.1) is 0 Å². The largest absolute Gasteiger partial charge is 0.327 e. The average Bonchev–Trinajstić information content (AvgIpc) is 1.99. The predicted octanol–water partition coefficient (Wildman–Crippen LogP) is 2.41. The molecule has 0 amide bonds. The van der Waals surface area contributed by atoms with Crippen LogP contribution in [0.25, 0.3) is 0 Å². The molecule has 1 heteroatoms. The molecule has 1 nitrogen and oxygen atoms in total. The van der Waals surface area contributed by atoms with Gasteiger partial charge in [-0.05, 0) is 19.8 Å². The minimum absolute atomic E-state index is 0.640. The number of allylic oxidation sites excluding steroid dienone is 4. The van der Waals surface area contributed by atoms with Gasteiger partial charge in [-0.1, -0.05) is 29.9 Å². The summed E-state index contributed by atoms with van der Waals surface area (Å²) >= 11 is 0. The summed E-state index contributed by atoms with van der Waals surface area (Å²) in [5.41, 5.74) is 6.67. The zero-order chi connectivity index (χ0) is 8.53. The molecule has 0 radical (unpaired) electrons. The molecule has 0 aromatic heterocycles. The summed E-state index contributed by atoms with van der Waals surface area (Å²) in [5.74, 6) is 0. The van der Waals surface area contributed by atoms with E-state index in [0.717, 1.165) is 12.8 Å². The molecule has 11 heavy (non-hydrogen) atoms. The van der Waals surface area contributed by atoms with Crippen molar-refractivity contribution in [1.29, 1.82) is 0 Å². The second-order valence-corrected chi connectivity index (χ2v) is 2.49. The summed E-state index contributed by atoms with van der Waals surface area (Å²) in [6.07, 6.45) is 10.1. The monoisotopic (exact) mass is 151 g/mol. The van der Waals surface area contributed by atoms with Gasteiger partial charge in [-0.15, -0.1) is 6.58 Å². The highest BCUT2D eigenvalue weighted by Crippen LogP contribution is 2.00.